The van der Waals surface area contributed by atoms with Crippen molar-refractivity contribution in [1.29, 1.82) is 0 Å². The molecule has 6 heteroatoms. The monoisotopic (exact) mass is 284 g/mol. The highest BCUT2D eigenvalue weighted by molar-refractivity contribution is 7.99. The Morgan fingerprint density at radius 3 is 2.83 bits per heavy atom. The van der Waals surface area contributed by atoms with Crippen molar-refractivity contribution in [3.63, 3.8) is 0 Å². The maximum absolute atomic E-state index is 5.42. The van der Waals surface area contributed by atoms with Gasteiger partial charge >= 0.3 is 0 Å². The summed E-state index contributed by atoms with van der Waals surface area (Å²) in [7, 11) is 0. The van der Waals surface area contributed by atoms with Crippen molar-refractivity contribution in [2.75, 3.05) is 6.26 Å². The van der Waals surface area contributed by atoms with Crippen LogP contribution in [-0.2, 0) is 13.1 Å². The molecule has 0 spiro atoms. The molecule has 0 saturated carbocycles. The van der Waals surface area contributed by atoms with Crippen LogP contribution in [-0.4, -0.2) is 30.8 Å². The van der Waals surface area contributed by atoms with Crippen LogP contribution in [0.3, 0.4) is 0 Å². The molecule has 2 aromatic heterocycles. The highest BCUT2D eigenvalue weighted by atomic mass is 32.2. The summed E-state index contributed by atoms with van der Waals surface area (Å²) in [5.41, 5.74) is 3.24. The largest absolute Gasteiger partial charge is 0.328 e. The number of hydrogen-bond acceptors (Lipinski definition) is 3. The molecule has 0 bridgehead atoms. The number of nitrogens with one attached hydrogen (secondary N) is 1. The quantitative estimate of drug-likeness (QED) is 0.856. The van der Waals surface area contributed by atoms with Crippen LogP contribution in [0, 0.1) is 11.7 Å². The van der Waals surface area contributed by atoms with Crippen molar-refractivity contribution in [3.8, 4) is 0 Å². The smallest absolute Gasteiger partial charge is 0.179 e. The Labute approximate surface area is 117 Å². The van der Waals surface area contributed by atoms with E-state index in [2.05, 4.69) is 34.8 Å². The molecule has 0 aliphatic heterocycles. The van der Waals surface area contributed by atoms with E-state index in [1.165, 1.54) is 0 Å². The lowest BCUT2D eigenvalue weighted by Gasteiger charge is -2.10. The normalized spacial score (nSPS) is 13.3. The van der Waals surface area contributed by atoms with Gasteiger partial charge in [0.2, 0.25) is 0 Å². The maximum Gasteiger partial charge on any atom is 0.179 e. The van der Waals surface area contributed by atoms with Gasteiger partial charge < -0.3 is 9.55 Å². The second-order valence-electron chi connectivity index (χ2n) is 4.52. The van der Waals surface area contributed by atoms with Gasteiger partial charge in [0, 0.05) is 18.3 Å². The van der Waals surface area contributed by atoms with E-state index in [0.717, 1.165) is 41.1 Å². The number of fused-ring (bicyclic) bond motifs is 1. The lowest BCUT2D eigenvalue weighted by atomic mass is 10.3. The first-order chi connectivity index (χ1) is 8.58. The standard InChI is InChI=1S/C12H20N4S2/c1-5-16-11-10(9(3)14-16)13-12(17)15(11)7-6-8(2)18-4/h8H,5-7H2,1-4H3,(H,13,17). The van der Waals surface area contributed by atoms with Crippen molar-refractivity contribution < 1.29 is 0 Å². The minimum Gasteiger partial charge on any atom is -0.328 e. The van der Waals surface area contributed by atoms with Crippen molar-refractivity contribution >= 4 is 35.1 Å². The Bertz CT molecular complexity index is 593. The summed E-state index contributed by atoms with van der Waals surface area (Å²) in [6.45, 7) is 8.20. The minimum atomic E-state index is 0.649. The zero-order valence-electron chi connectivity index (χ0n) is 11.4. The first-order valence-electron chi connectivity index (χ1n) is 6.27. The molecule has 1 N–H and O–H groups in total. The Balaban J connectivity index is 2.42. The van der Waals surface area contributed by atoms with Crippen LogP contribution in [0.2, 0.25) is 0 Å². The number of nitrogens with zero attached hydrogens (tertiary/aromatic N) is 3. The Kier molecular flexibility index (Phi) is 4.17. The molecule has 0 fully saturated rings. The molecule has 1 unspecified atom stereocenters. The van der Waals surface area contributed by atoms with Crippen molar-refractivity contribution in [2.24, 2.45) is 0 Å². The number of thioether (sulfide) groups is 1. The number of aryl methyl sites for hydroxylation is 3. The Hall–Kier alpha value is -0.750. The topological polar surface area (TPSA) is 38.5 Å². The fourth-order valence-corrected chi connectivity index (χ4v) is 2.74. The van der Waals surface area contributed by atoms with E-state index in [4.69, 9.17) is 12.2 Å². The first-order valence-corrected chi connectivity index (χ1v) is 7.96. The fraction of sp³-hybridized carbons (Fsp3) is 0.667. The van der Waals surface area contributed by atoms with Gasteiger partial charge in [0.05, 0.1) is 5.69 Å². The summed E-state index contributed by atoms with van der Waals surface area (Å²) in [6.07, 6.45) is 3.27. The Morgan fingerprint density at radius 2 is 2.22 bits per heavy atom. The van der Waals surface area contributed by atoms with Crippen LogP contribution in [0.25, 0.3) is 11.2 Å². The third-order valence-electron chi connectivity index (χ3n) is 3.29. The van der Waals surface area contributed by atoms with Gasteiger partial charge in [-0.2, -0.15) is 16.9 Å². The average Bonchev–Trinajstić information content (AvgIpc) is 2.84. The molecular weight excluding hydrogens is 264 g/mol. The van der Waals surface area contributed by atoms with Crippen LogP contribution in [0.15, 0.2) is 0 Å². The number of hydrogen-bond donors (Lipinski definition) is 1. The van der Waals surface area contributed by atoms with Crippen LogP contribution in [0.1, 0.15) is 26.0 Å². The molecule has 0 aliphatic rings. The van der Waals surface area contributed by atoms with Crippen LogP contribution in [0.5, 0.6) is 0 Å². The highest BCUT2D eigenvalue weighted by Gasteiger charge is 2.14. The van der Waals surface area contributed by atoms with Gasteiger partial charge in [0.25, 0.3) is 0 Å². The molecule has 0 aromatic carbocycles. The van der Waals surface area contributed by atoms with Crippen molar-refractivity contribution in [1.82, 2.24) is 19.3 Å². The van der Waals surface area contributed by atoms with Crippen molar-refractivity contribution in [2.45, 2.75) is 45.5 Å². The average molecular weight is 284 g/mol. The lowest BCUT2D eigenvalue weighted by molar-refractivity contribution is 0.602. The zero-order valence-corrected chi connectivity index (χ0v) is 13.0. The molecule has 100 valence electrons. The van der Waals surface area contributed by atoms with Gasteiger partial charge in [-0.1, -0.05) is 6.92 Å². The molecule has 18 heavy (non-hydrogen) atoms. The summed E-state index contributed by atoms with van der Waals surface area (Å²) in [5.74, 6) is 0. The molecule has 0 radical (unpaired) electrons. The van der Waals surface area contributed by atoms with Gasteiger partial charge in [-0.05, 0) is 38.7 Å². The van der Waals surface area contributed by atoms with Crippen LogP contribution in [0.4, 0.5) is 0 Å². The molecule has 0 amide bonds. The van der Waals surface area contributed by atoms with E-state index < -0.39 is 0 Å². The highest BCUT2D eigenvalue weighted by Crippen LogP contribution is 2.20. The molecule has 1 atom stereocenters. The lowest BCUT2D eigenvalue weighted by Crippen LogP contribution is -2.08. The molecule has 0 aliphatic carbocycles. The number of aromatic nitrogens is 4. The van der Waals surface area contributed by atoms with Gasteiger partial charge in [0.1, 0.15) is 5.52 Å². The summed E-state index contributed by atoms with van der Waals surface area (Å²) in [5, 5.41) is 5.18. The molecular formula is C12H20N4S2. The van der Waals surface area contributed by atoms with Gasteiger partial charge in [-0.25, -0.2) is 4.68 Å². The second-order valence-corrected chi connectivity index (χ2v) is 6.18. The van der Waals surface area contributed by atoms with Gasteiger partial charge in [0.15, 0.2) is 10.4 Å². The molecule has 4 nitrogen and oxygen atoms in total. The molecule has 2 aromatic rings. The van der Waals surface area contributed by atoms with E-state index in [9.17, 15) is 0 Å². The van der Waals surface area contributed by atoms with E-state index in [1.807, 2.05) is 23.4 Å². The predicted octanol–water partition coefficient (Wildman–Crippen LogP) is 3.37. The first kappa shape index (κ1) is 13.7. The van der Waals surface area contributed by atoms with Gasteiger partial charge in [-0.15, -0.1) is 0 Å². The second kappa shape index (κ2) is 5.48. The van der Waals surface area contributed by atoms with Gasteiger partial charge in [-0.3, -0.25) is 0 Å². The third kappa shape index (κ3) is 2.36. The molecule has 2 rings (SSSR count). The van der Waals surface area contributed by atoms with E-state index in [1.54, 1.807) is 0 Å². The van der Waals surface area contributed by atoms with Crippen LogP contribution < -0.4 is 0 Å². The van der Waals surface area contributed by atoms with Crippen LogP contribution >= 0.6 is 24.0 Å². The van der Waals surface area contributed by atoms with Crippen molar-refractivity contribution in [3.05, 3.63) is 10.5 Å². The number of H-pyrrole nitrogens is 1. The Morgan fingerprint density at radius 1 is 1.50 bits per heavy atom. The SMILES string of the molecule is CCn1nc(C)c2[nH]c(=S)n(CCC(C)SC)c21. The number of aromatic amines is 1. The van der Waals surface area contributed by atoms with E-state index in [-0.39, 0.29) is 0 Å². The summed E-state index contributed by atoms with van der Waals surface area (Å²) >= 11 is 7.31. The molecule has 2 heterocycles. The maximum atomic E-state index is 5.42. The summed E-state index contributed by atoms with van der Waals surface area (Å²) < 4.78 is 5.02. The summed E-state index contributed by atoms with van der Waals surface area (Å²) in [6, 6.07) is 0. The minimum absolute atomic E-state index is 0.649. The predicted molar refractivity (Wildman–Crippen MR) is 80.9 cm³/mol. The number of imidazole rings is 1. The zero-order chi connectivity index (χ0) is 13.3. The number of rotatable bonds is 5. The van der Waals surface area contributed by atoms with E-state index >= 15 is 0 Å². The molecule has 0 saturated heterocycles. The fourth-order valence-electron chi connectivity index (χ4n) is 2.12. The van der Waals surface area contributed by atoms with E-state index in [0.29, 0.717) is 5.25 Å². The third-order valence-corrected chi connectivity index (χ3v) is 4.66. The summed E-state index contributed by atoms with van der Waals surface area (Å²) in [4.78, 5) is 3.28.